The van der Waals surface area contributed by atoms with Gasteiger partial charge in [-0.15, -0.1) is 11.3 Å². The molecule has 3 atom stereocenters. The first-order chi connectivity index (χ1) is 10.2. The molecular formula is C16H19ClN2OS. The Balaban J connectivity index is 1.52. The summed E-state index contributed by atoms with van der Waals surface area (Å²) < 4.78 is 6.04. The smallest absolute Gasteiger partial charge is 0.213 e. The van der Waals surface area contributed by atoms with Gasteiger partial charge in [-0.2, -0.15) is 0 Å². The number of methoxy groups -OCH3 is 1. The lowest BCUT2D eigenvalue weighted by molar-refractivity contribution is 0.396. The number of pyridine rings is 1. The molecule has 112 valence electrons. The van der Waals surface area contributed by atoms with Crippen LogP contribution in [0.2, 0.25) is 4.34 Å². The normalized spacial score (nSPS) is 22.0. The highest BCUT2D eigenvalue weighted by Crippen LogP contribution is 2.51. The monoisotopic (exact) mass is 322 g/mol. The van der Waals surface area contributed by atoms with Gasteiger partial charge < -0.3 is 10.1 Å². The van der Waals surface area contributed by atoms with E-state index in [4.69, 9.17) is 16.3 Å². The van der Waals surface area contributed by atoms with Crippen molar-refractivity contribution in [1.29, 1.82) is 0 Å². The van der Waals surface area contributed by atoms with Crippen LogP contribution in [0, 0.1) is 5.92 Å². The zero-order valence-corrected chi connectivity index (χ0v) is 13.7. The Labute approximate surface area is 134 Å². The van der Waals surface area contributed by atoms with E-state index in [1.807, 2.05) is 18.2 Å². The lowest BCUT2D eigenvalue weighted by Gasteiger charge is -2.14. The molecule has 1 aliphatic rings. The Bertz CT molecular complexity index is 616. The minimum Gasteiger partial charge on any atom is -0.481 e. The Morgan fingerprint density at radius 3 is 3.05 bits per heavy atom. The van der Waals surface area contributed by atoms with Gasteiger partial charge in [0.15, 0.2) is 0 Å². The molecule has 1 fully saturated rings. The maximum absolute atomic E-state index is 6.01. The third kappa shape index (κ3) is 3.57. The van der Waals surface area contributed by atoms with Gasteiger partial charge in [-0.3, -0.25) is 0 Å². The maximum atomic E-state index is 6.01. The summed E-state index contributed by atoms with van der Waals surface area (Å²) in [4.78, 5) is 5.55. The van der Waals surface area contributed by atoms with Crippen LogP contribution in [0.25, 0.3) is 0 Å². The predicted molar refractivity (Wildman–Crippen MR) is 87.3 cm³/mol. The number of hydrogen-bond donors (Lipinski definition) is 1. The topological polar surface area (TPSA) is 34.1 Å². The number of rotatable bonds is 6. The van der Waals surface area contributed by atoms with E-state index in [1.165, 1.54) is 16.9 Å². The number of nitrogens with one attached hydrogen (secondary N) is 1. The molecule has 21 heavy (non-hydrogen) atoms. The highest BCUT2D eigenvalue weighted by atomic mass is 35.5. The third-order valence-corrected chi connectivity index (χ3v) is 5.44. The van der Waals surface area contributed by atoms with Crippen molar-refractivity contribution in [2.45, 2.75) is 31.8 Å². The molecule has 0 aliphatic heterocycles. The first kappa shape index (κ1) is 14.8. The van der Waals surface area contributed by atoms with Crippen LogP contribution in [-0.2, 0) is 6.54 Å². The third-order valence-electron chi connectivity index (χ3n) is 4.08. The summed E-state index contributed by atoms with van der Waals surface area (Å²) >= 11 is 7.73. The van der Waals surface area contributed by atoms with E-state index < -0.39 is 0 Å². The fraction of sp³-hybridized carbons (Fsp3) is 0.438. The minimum absolute atomic E-state index is 0.495. The summed E-state index contributed by atoms with van der Waals surface area (Å²) in [5.41, 5.74) is 1.20. The first-order valence-electron chi connectivity index (χ1n) is 7.15. The SMILES string of the molecule is COc1cc(CN[C@@H](C)[C@@H]2C[C@H]2c2ccc(Cl)s2)ccn1. The van der Waals surface area contributed by atoms with E-state index in [0.717, 1.165) is 10.9 Å². The van der Waals surface area contributed by atoms with Crippen molar-refractivity contribution in [3.63, 3.8) is 0 Å². The standard InChI is InChI=1S/C16H19ClN2OS/c1-10(12-8-13(12)14-3-4-15(17)21-14)19-9-11-5-6-18-16(7-11)20-2/h3-7,10,12-13,19H,8-9H2,1-2H3/t10-,12-,13+/m0/s1. The number of ether oxygens (including phenoxy) is 1. The van der Waals surface area contributed by atoms with E-state index >= 15 is 0 Å². The van der Waals surface area contributed by atoms with E-state index in [2.05, 4.69) is 23.3 Å². The largest absolute Gasteiger partial charge is 0.481 e. The molecule has 0 aromatic carbocycles. The van der Waals surface area contributed by atoms with Gasteiger partial charge in [0, 0.05) is 29.7 Å². The van der Waals surface area contributed by atoms with Crippen molar-refractivity contribution in [2.24, 2.45) is 5.92 Å². The van der Waals surface area contributed by atoms with Crippen LogP contribution < -0.4 is 10.1 Å². The summed E-state index contributed by atoms with van der Waals surface area (Å²) in [6.07, 6.45) is 3.04. The molecule has 3 nitrogen and oxygen atoms in total. The zero-order chi connectivity index (χ0) is 14.8. The molecule has 0 saturated heterocycles. The van der Waals surface area contributed by atoms with Crippen LogP contribution in [0.4, 0.5) is 0 Å². The lowest BCUT2D eigenvalue weighted by Crippen LogP contribution is -2.27. The average Bonchev–Trinajstić information content (AvgIpc) is 3.20. The van der Waals surface area contributed by atoms with Crippen LogP contribution in [0.15, 0.2) is 30.5 Å². The lowest BCUT2D eigenvalue weighted by atomic mass is 10.1. The quantitative estimate of drug-likeness (QED) is 0.870. The number of hydrogen-bond acceptors (Lipinski definition) is 4. The highest BCUT2D eigenvalue weighted by molar-refractivity contribution is 7.16. The number of thiophene rings is 1. The summed E-state index contributed by atoms with van der Waals surface area (Å²) in [5.74, 6) is 2.06. The van der Waals surface area contributed by atoms with Crippen molar-refractivity contribution in [3.05, 3.63) is 45.2 Å². The Morgan fingerprint density at radius 1 is 1.48 bits per heavy atom. The second-order valence-electron chi connectivity index (χ2n) is 5.52. The summed E-state index contributed by atoms with van der Waals surface area (Å²) in [5, 5.41) is 3.61. The molecule has 0 unspecified atom stereocenters. The van der Waals surface area contributed by atoms with Crippen LogP contribution in [0.1, 0.15) is 29.7 Å². The minimum atomic E-state index is 0.495. The molecule has 2 heterocycles. The summed E-state index contributed by atoms with van der Waals surface area (Å²) in [6, 6.07) is 8.65. The molecule has 2 aromatic heterocycles. The molecule has 1 N–H and O–H groups in total. The van der Waals surface area contributed by atoms with Gasteiger partial charge in [0.05, 0.1) is 11.4 Å². The fourth-order valence-electron chi connectivity index (χ4n) is 2.72. The number of nitrogens with zero attached hydrogens (tertiary/aromatic N) is 1. The number of halogens is 1. The summed E-state index contributed by atoms with van der Waals surface area (Å²) in [7, 11) is 1.64. The van der Waals surface area contributed by atoms with Crippen molar-refractivity contribution in [1.82, 2.24) is 10.3 Å². The van der Waals surface area contributed by atoms with Crippen molar-refractivity contribution in [2.75, 3.05) is 7.11 Å². The number of aromatic nitrogens is 1. The molecular weight excluding hydrogens is 304 g/mol. The second kappa shape index (κ2) is 6.34. The van der Waals surface area contributed by atoms with Gasteiger partial charge in [-0.25, -0.2) is 4.98 Å². The molecule has 1 aliphatic carbocycles. The second-order valence-corrected chi connectivity index (χ2v) is 7.27. The molecule has 3 rings (SSSR count). The molecule has 0 radical (unpaired) electrons. The Kier molecular flexibility index (Phi) is 4.48. The zero-order valence-electron chi connectivity index (χ0n) is 12.2. The molecule has 2 aromatic rings. The van der Waals surface area contributed by atoms with Gasteiger partial charge in [-0.1, -0.05) is 11.6 Å². The van der Waals surface area contributed by atoms with Gasteiger partial charge in [0.2, 0.25) is 5.88 Å². The molecule has 0 amide bonds. The van der Waals surface area contributed by atoms with E-state index in [0.29, 0.717) is 23.8 Å². The van der Waals surface area contributed by atoms with Crippen molar-refractivity contribution >= 4 is 22.9 Å². The first-order valence-corrected chi connectivity index (χ1v) is 8.34. The Morgan fingerprint density at radius 2 is 2.33 bits per heavy atom. The average molecular weight is 323 g/mol. The highest BCUT2D eigenvalue weighted by Gasteiger charge is 2.42. The van der Waals surface area contributed by atoms with E-state index in [-0.39, 0.29) is 0 Å². The van der Waals surface area contributed by atoms with Gasteiger partial charge >= 0.3 is 0 Å². The van der Waals surface area contributed by atoms with Gasteiger partial charge in [-0.05, 0) is 48.9 Å². The van der Waals surface area contributed by atoms with Crippen LogP contribution in [0.5, 0.6) is 5.88 Å². The molecule has 1 saturated carbocycles. The molecule has 0 bridgehead atoms. The van der Waals surface area contributed by atoms with Crippen LogP contribution >= 0.6 is 22.9 Å². The maximum Gasteiger partial charge on any atom is 0.213 e. The molecule has 5 heteroatoms. The van der Waals surface area contributed by atoms with E-state index in [9.17, 15) is 0 Å². The van der Waals surface area contributed by atoms with E-state index in [1.54, 1.807) is 24.6 Å². The summed E-state index contributed by atoms with van der Waals surface area (Å²) in [6.45, 7) is 3.10. The van der Waals surface area contributed by atoms with Crippen molar-refractivity contribution in [3.8, 4) is 5.88 Å². The van der Waals surface area contributed by atoms with Crippen molar-refractivity contribution < 1.29 is 4.74 Å². The van der Waals surface area contributed by atoms with Gasteiger partial charge in [0.1, 0.15) is 0 Å². The fourth-order valence-corrected chi connectivity index (χ4v) is 3.97. The Hall–Kier alpha value is -1.10. The van der Waals surface area contributed by atoms with Gasteiger partial charge in [0.25, 0.3) is 0 Å². The molecule has 0 spiro atoms. The predicted octanol–water partition coefficient (Wildman–Crippen LogP) is 4.09. The van der Waals surface area contributed by atoms with Crippen LogP contribution in [0.3, 0.4) is 0 Å². The van der Waals surface area contributed by atoms with Crippen LogP contribution in [-0.4, -0.2) is 18.1 Å².